The number of urea groups is 1. The summed E-state index contributed by atoms with van der Waals surface area (Å²) in [4.78, 5) is 23.0. The lowest BCUT2D eigenvalue weighted by Gasteiger charge is -2.14. The van der Waals surface area contributed by atoms with E-state index < -0.39 is 5.97 Å². The average Bonchev–Trinajstić information content (AvgIpc) is 2.55. The Kier molecular flexibility index (Phi) is 8.97. The second-order valence-corrected chi connectivity index (χ2v) is 6.26. The van der Waals surface area contributed by atoms with Crippen molar-refractivity contribution in [3.8, 4) is 5.75 Å². The molecule has 1 unspecified atom stereocenters. The number of para-hydroxylation sites is 1. The molecule has 0 heterocycles. The summed E-state index contributed by atoms with van der Waals surface area (Å²) in [7, 11) is 1.65. The molecule has 0 bridgehead atoms. The predicted octanol–water partition coefficient (Wildman–Crippen LogP) is 2.59. The van der Waals surface area contributed by atoms with Crippen LogP contribution < -0.4 is 15.4 Å². The Hall–Kier alpha value is -1.89. The van der Waals surface area contributed by atoms with Gasteiger partial charge in [-0.05, 0) is 24.5 Å². The van der Waals surface area contributed by atoms with Crippen molar-refractivity contribution >= 4 is 23.8 Å². The summed E-state index contributed by atoms with van der Waals surface area (Å²) in [6, 6.07) is 7.58. The molecule has 1 atom stereocenters. The van der Waals surface area contributed by atoms with Gasteiger partial charge in [0.1, 0.15) is 5.75 Å². The fraction of sp³-hybridized carbons (Fsp3) is 0.500. The van der Waals surface area contributed by atoms with Crippen LogP contribution in [0, 0.1) is 5.92 Å². The number of hydrogen-bond acceptors (Lipinski definition) is 4. The maximum atomic E-state index is 11.6. The van der Waals surface area contributed by atoms with Crippen molar-refractivity contribution in [3.05, 3.63) is 24.3 Å². The van der Waals surface area contributed by atoms with Gasteiger partial charge in [-0.25, -0.2) is 4.79 Å². The highest BCUT2D eigenvalue weighted by atomic mass is 32.2. The Bertz CT molecular complexity index is 511. The number of amides is 2. The van der Waals surface area contributed by atoms with Crippen molar-refractivity contribution < 1.29 is 19.4 Å². The topological polar surface area (TPSA) is 87.7 Å². The molecule has 0 fully saturated rings. The predicted molar refractivity (Wildman–Crippen MR) is 91.2 cm³/mol. The highest BCUT2D eigenvalue weighted by Gasteiger charge is 2.08. The first-order valence-corrected chi connectivity index (χ1v) is 8.50. The van der Waals surface area contributed by atoms with Crippen LogP contribution in [0.4, 0.5) is 4.79 Å². The van der Waals surface area contributed by atoms with Crippen LogP contribution in [0.3, 0.4) is 0 Å². The van der Waals surface area contributed by atoms with E-state index in [0.717, 1.165) is 16.4 Å². The van der Waals surface area contributed by atoms with E-state index >= 15 is 0 Å². The Labute approximate surface area is 141 Å². The zero-order valence-corrected chi connectivity index (χ0v) is 14.3. The SMILES string of the molecule is COc1ccccc1SCC(C)CNC(=O)NCCCC(=O)O. The number of carbonyl (C=O) groups is 2. The Morgan fingerprint density at radius 1 is 1.30 bits per heavy atom. The molecule has 6 nitrogen and oxygen atoms in total. The van der Waals surface area contributed by atoms with Gasteiger partial charge in [-0.1, -0.05) is 19.1 Å². The number of carbonyl (C=O) groups excluding carboxylic acids is 1. The van der Waals surface area contributed by atoms with Crippen molar-refractivity contribution in [2.45, 2.75) is 24.7 Å². The summed E-state index contributed by atoms with van der Waals surface area (Å²) in [5.41, 5.74) is 0. The molecule has 0 saturated carbocycles. The standard InChI is InChI=1S/C16H24N2O4S/c1-12(10-18-16(21)17-9-5-8-15(19)20)11-23-14-7-4-3-6-13(14)22-2/h3-4,6-7,12H,5,8-11H2,1-2H3,(H,19,20)(H2,17,18,21). The monoisotopic (exact) mass is 340 g/mol. The number of thioether (sulfide) groups is 1. The molecule has 7 heteroatoms. The fourth-order valence-electron chi connectivity index (χ4n) is 1.80. The third-order valence-corrected chi connectivity index (χ3v) is 4.44. The molecule has 1 aromatic rings. The summed E-state index contributed by atoms with van der Waals surface area (Å²) in [6.07, 6.45) is 0.494. The third kappa shape index (κ3) is 8.35. The number of aliphatic carboxylic acids is 1. The summed E-state index contributed by atoms with van der Waals surface area (Å²) in [5, 5.41) is 13.9. The zero-order valence-electron chi connectivity index (χ0n) is 13.5. The minimum absolute atomic E-state index is 0.0617. The van der Waals surface area contributed by atoms with Gasteiger partial charge >= 0.3 is 12.0 Å². The molecule has 0 aliphatic rings. The molecule has 3 N–H and O–H groups in total. The van der Waals surface area contributed by atoms with Gasteiger partial charge in [-0.15, -0.1) is 11.8 Å². The first-order valence-electron chi connectivity index (χ1n) is 7.52. The van der Waals surface area contributed by atoms with Crippen LogP contribution in [-0.2, 0) is 4.79 Å². The molecule has 128 valence electrons. The molecule has 0 saturated heterocycles. The van der Waals surface area contributed by atoms with Crippen molar-refractivity contribution in [3.63, 3.8) is 0 Å². The second kappa shape index (κ2) is 10.8. The van der Waals surface area contributed by atoms with Crippen LogP contribution in [-0.4, -0.2) is 43.1 Å². The maximum Gasteiger partial charge on any atom is 0.314 e. The van der Waals surface area contributed by atoms with Crippen LogP contribution in [0.1, 0.15) is 19.8 Å². The third-order valence-electron chi connectivity index (χ3n) is 3.06. The molecule has 0 aromatic heterocycles. The quantitative estimate of drug-likeness (QED) is 0.450. The first kappa shape index (κ1) is 19.2. The molecular weight excluding hydrogens is 316 g/mol. The van der Waals surface area contributed by atoms with E-state index in [0.29, 0.717) is 25.4 Å². The van der Waals surface area contributed by atoms with Gasteiger partial charge in [0.15, 0.2) is 0 Å². The van der Waals surface area contributed by atoms with Gasteiger partial charge in [-0.3, -0.25) is 4.79 Å². The van der Waals surface area contributed by atoms with Gasteiger partial charge < -0.3 is 20.5 Å². The largest absolute Gasteiger partial charge is 0.496 e. The highest BCUT2D eigenvalue weighted by Crippen LogP contribution is 2.29. The second-order valence-electron chi connectivity index (χ2n) is 5.20. The molecule has 0 aliphatic carbocycles. The van der Waals surface area contributed by atoms with Crippen molar-refractivity contribution in [1.82, 2.24) is 10.6 Å². The van der Waals surface area contributed by atoms with Crippen molar-refractivity contribution in [1.29, 1.82) is 0 Å². The molecule has 0 aliphatic heterocycles. The van der Waals surface area contributed by atoms with Crippen LogP contribution >= 0.6 is 11.8 Å². The van der Waals surface area contributed by atoms with Gasteiger partial charge in [-0.2, -0.15) is 0 Å². The number of rotatable bonds is 10. The summed E-state index contributed by atoms with van der Waals surface area (Å²) in [5.74, 6) is 1.16. The van der Waals surface area contributed by atoms with Crippen molar-refractivity contribution in [2.24, 2.45) is 5.92 Å². The van der Waals surface area contributed by atoms with E-state index in [1.807, 2.05) is 24.3 Å². The number of ether oxygens (including phenoxy) is 1. The molecule has 2 amide bonds. The first-order chi connectivity index (χ1) is 11.0. The summed E-state index contributed by atoms with van der Waals surface area (Å²) >= 11 is 1.69. The normalized spacial score (nSPS) is 11.6. The molecule has 23 heavy (non-hydrogen) atoms. The van der Waals surface area contributed by atoms with Crippen LogP contribution in [0.25, 0.3) is 0 Å². The smallest absolute Gasteiger partial charge is 0.314 e. The molecule has 1 rings (SSSR count). The summed E-state index contributed by atoms with van der Waals surface area (Å²) in [6.45, 7) is 2.99. The average molecular weight is 340 g/mol. The lowest BCUT2D eigenvalue weighted by atomic mass is 10.2. The molecule has 1 aromatic carbocycles. The van der Waals surface area contributed by atoms with Crippen molar-refractivity contribution in [2.75, 3.05) is 26.0 Å². The Balaban J connectivity index is 2.20. The van der Waals surface area contributed by atoms with E-state index in [-0.39, 0.29) is 12.5 Å². The van der Waals surface area contributed by atoms with E-state index in [1.54, 1.807) is 18.9 Å². The zero-order chi connectivity index (χ0) is 17.1. The molecule has 0 radical (unpaired) electrons. The maximum absolute atomic E-state index is 11.6. The minimum atomic E-state index is -0.853. The van der Waals surface area contributed by atoms with Crippen LogP contribution in [0.15, 0.2) is 29.2 Å². The summed E-state index contributed by atoms with van der Waals surface area (Å²) < 4.78 is 5.31. The van der Waals surface area contributed by atoms with Gasteiger partial charge in [0.2, 0.25) is 0 Å². The lowest BCUT2D eigenvalue weighted by Crippen LogP contribution is -2.38. The Morgan fingerprint density at radius 2 is 2.04 bits per heavy atom. The van der Waals surface area contributed by atoms with E-state index in [1.165, 1.54) is 0 Å². The van der Waals surface area contributed by atoms with Gasteiger partial charge in [0, 0.05) is 30.2 Å². The Morgan fingerprint density at radius 3 is 2.74 bits per heavy atom. The van der Waals surface area contributed by atoms with Gasteiger partial charge in [0.25, 0.3) is 0 Å². The van der Waals surface area contributed by atoms with Gasteiger partial charge in [0.05, 0.1) is 7.11 Å². The number of methoxy groups -OCH3 is 1. The molecule has 0 spiro atoms. The number of carboxylic acids is 1. The fourth-order valence-corrected chi connectivity index (χ4v) is 2.85. The highest BCUT2D eigenvalue weighted by molar-refractivity contribution is 7.99. The van der Waals surface area contributed by atoms with Crippen LogP contribution in [0.5, 0.6) is 5.75 Å². The minimum Gasteiger partial charge on any atom is -0.496 e. The van der Waals surface area contributed by atoms with E-state index in [9.17, 15) is 9.59 Å². The number of nitrogens with one attached hydrogen (secondary N) is 2. The number of benzene rings is 1. The molecular formula is C16H24N2O4S. The van der Waals surface area contributed by atoms with E-state index in [4.69, 9.17) is 9.84 Å². The van der Waals surface area contributed by atoms with E-state index in [2.05, 4.69) is 17.6 Å². The number of hydrogen-bond donors (Lipinski definition) is 3. The lowest BCUT2D eigenvalue weighted by molar-refractivity contribution is -0.137. The van der Waals surface area contributed by atoms with Crippen LogP contribution in [0.2, 0.25) is 0 Å². The number of carboxylic acid groups (broad SMARTS) is 1.